The fourth-order valence-corrected chi connectivity index (χ4v) is 1.75. The molecule has 6 nitrogen and oxygen atoms in total. The lowest BCUT2D eigenvalue weighted by Crippen LogP contribution is -2.26. The molecular formula is C21H30ClNO5. The summed E-state index contributed by atoms with van der Waals surface area (Å²) in [6.07, 6.45) is 0.492. The predicted molar refractivity (Wildman–Crippen MR) is 113 cm³/mol. The summed E-state index contributed by atoms with van der Waals surface area (Å²) in [5.41, 5.74) is 1.84. The van der Waals surface area contributed by atoms with E-state index in [2.05, 4.69) is 4.74 Å². The van der Waals surface area contributed by atoms with Crippen molar-refractivity contribution in [1.29, 1.82) is 0 Å². The zero-order chi connectivity index (χ0) is 20.5. The second-order valence-corrected chi connectivity index (χ2v) is 5.37. The monoisotopic (exact) mass is 411 g/mol. The Bertz CT molecular complexity index is 636. The zero-order valence-electron chi connectivity index (χ0n) is 16.8. The second-order valence-electron chi connectivity index (χ2n) is 5.37. The summed E-state index contributed by atoms with van der Waals surface area (Å²) in [4.78, 5) is 26.3. The van der Waals surface area contributed by atoms with Crippen molar-refractivity contribution in [3.63, 3.8) is 0 Å². The van der Waals surface area contributed by atoms with Gasteiger partial charge in [-0.3, -0.25) is 14.4 Å². The molecule has 0 bridgehead atoms. The minimum atomic E-state index is -0.786. The molecular weight excluding hydrogens is 382 g/mol. The number of likely N-dealkylation sites (N-methyl/N-ethyl adjacent to an activating group) is 1. The maximum Gasteiger partial charge on any atom is 0.307 e. The van der Waals surface area contributed by atoms with Crippen LogP contribution in [0.2, 0.25) is 0 Å². The number of aliphatic carboxylic acids is 1. The topological polar surface area (TPSA) is 76.1 Å². The molecule has 0 saturated heterocycles. The highest BCUT2D eigenvalue weighted by Crippen LogP contribution is 2.01. The molecule has 0 radical (unpaired) electrons. The van der Waals surface area contributed by atoms with Crippen LogP contribution >= 0.6 is 12.4 Å². The van der Waals surface area contributed by atoms with E-state index in [4.69, 9.17) is 9.94 Å². The van der Waals surface area contributed by atoms with Gasteiger partial charge in [0.05, 0.1) is 20.0 Å². The number of rotatable bonds is 6. The third kappa shape index (κ3) is 14.7. The van der Waals surface area contributed by atoms with E-state index in [1.165, 1.54) is 12.2 Å². The van der Waals surface area contributed by atoms with Crippen LogP contribution in [0.5, 0.6) is 0 Å². The summed E-state index contributed by atoms with van der Waals surface area (Å²) in [6, 6.07) is 18.7. The summed E-state index contributed by atoms with van der Waals surface area (Å²) < 4.78 is 4.54. The Morgan fingerprint density at radius 3 is 1.61 bits per heavy atom. The van der Waals surface area contributed by atoms with E-state index in [0.29, 0.717) is 6.42 Å². The molecule has 0 spiro atoms. The Hall–Kier alpha value is -2.41. The average Bonchev–Trinajstić information content (AvgIpc) is 2.69. The number of hydrogen-bond acceptors (Lipinski definition) is 4. The molecule has 156 valence electrons. The van der Waals surface area contributed by atoms with Crippen LogP contribution in [0.4, 0.5) is 0 Å². The molecule has 28 heavy (non-hydrogen) atoms. The number of methoxy groups -OCH3 is 1. The number of amides is 1. The zero-order valence-corrected chi connectivity index (χ0v) is 17.6. The largest absolute Gasteiger partial charge is 0.481 e. The number of ether oxygens (including phenoxy) is 1. The van der Waals surface area contributed by atoms with Crippen LogP contribution in [0.3, 0.4) is 0 Å². The number of carboxylic acids is 1. The second kappa shape index (κ2) is 18.0. The third-order valence-electron chi connectivity index (χ3n) is 3.31. The van der Waals surface area contributed by atoms with Crippen molar-refractivity contribution in [3.8, 4) is 0 Å². The Morgan fingerprint density at radius 2 is 1.29 bits per heavy atom. The summed E-state index contributed by atoms with van der Waals surface area (Å²) >= 11 is 0. The normalized spacial score (nSPS) is 8.86. The van der Waals surface area contributed by atoms with E-state index < -0.39 is 5.97 Å². The van der Waals surface area contributed by atoms with Crippen LogP contribution in [-0.2, 0) is 32.0 Å². The molecule has 0 saturated carbocycles. The minimum absolute atomic E-state index is 0. The number of carboxylic acid groups (broad SMARTS) is 1. The molecule has 7 heteroatoms. The first-order valence-electron chi connectivity index (χ1n) is 8.53. The maximum absolute atomic E-state index is 11.3. The molecule has 1 N–H and O–H groups in total. The highest BCUT2D eigenvalue weighted by molar-refractivity contribution is 5.85. The molecule has 0 aromatic heterocycles. The quantitative estimate of drug-likeness (QED) is 0.734. The summed E-state index contributed by atoms with van der Waals surface area (Å²) in [5.74, 6) is -0.833. The van der Waals surface area contributed by atoms with E-state index in [1.807, 2.05) is 55.5 Å². The van der Waals surface area contributed by atoms with Gasteiger partial charge >= 0.3 is 5.97 Å². The fourth-order valence-electron chi connectivity index (χ4n) is 1.75. The Morgan fingerprint density at radius 1 is 0.893 bits per heavy atom. The Labute approximate surface area is 173 Å². The van der Waals surface area contributed by atoms with Crippen LogP contribution in [0, 0.1) is 0 Å². The molecule has 2 rings (SSSR count). The van der Waals surface area contributed by atoms with Crippen molar-refractivity contribution in [2.24, 2.45) is 0 Å². The maximum atomic E-state index is 11.3. The van der Waals surface area contributed by atoms with Gasteiger partial charge in [-0.05, 0) is 18.1 Å². The van der Waals surface area contributed by atoms with Crippen LogP contribution in [0.15, 0.2) is 60.7 Å². The van der Waals surface area contributed by atoms with E-state index in [9.17, 15) is 9.59 Å². The highest BCUT2D eigenvalue weighted by atomic mass is 35.5. The molecule has 2 aromatic carbocycles. The number of carbonyl (C=O) groups is 2. The van der Waals surface area contributed by atoms with E-state index in [0.717, 1.165) is 17.7 Å². The number of halogens is 1. The van der Waals surface area contributed by atoms with Crippen LogP contribution in [-0.4, -0.2) is 49.9 Å². The van der Waals surface area contributed by atoms with Crippen molar-refractivity contribution in [2.45, 2.75) is 19.8 Å². The van der Waals surface area contributed by atoms with E-state index >= 15 is 0 Å². The molecule has 1 amide bonds. The lowest BCUT2D eigenvalue weighted by molar-refractivity contribution is -0.167. The number of nitrogens with zero attached hydrogens (tertiary/aromatic N) is 1. The number of hydrogen-bond donors (Lipinski definition) is 1. The van der Waals surface area contributed by atoms with Gasteiger partial charge < -0.3 is 9.84 Å². The van der Waals surface area contributed by atoms with Gasteiger partial charge in [0.1, 0.15) is 0 Å². The minimum Gasteiger partial charge on any atom is -0.481 e. The molecule has 0 unspecified atom stereocenters. The Kier molecular flexibility index (Phi) is 17.9. The van der Waals surface area contributed by atoms with Gasteiger partial charge in [-0.15, -0.1) is 12.4 Å². The van der Waals surface area contributed by atoms with Gasteiger partial charge in [-0.25, -0.2) is 5.06 Å². The Balaban J connectivity index is 0. The van der Waals surface area contributed by atoms with Gasteiger partial charge in [0.15, 0.2) is 0 Å². The standard InChI is InChI=1S/C10H13NO2.C8H8O2.C3H8O.ClH/c1-11(13-2)10(12)8-9-6-4-3-5-7-9;9-8(10)6-7-4-2-1-3-5-7;1-3-4-2;/h3-7H,8H2,1-2H3;1-5H,6H2,(H,9,10);3H2,1-2H3;1H. The molecule has 0 heterocycles. The fraction of sp³-hybridized carbons (Fsp3) is 0.333. The van der Waals surface area contributed by atoms with Gasteiger partial charge in [0, 0.05) is 20.8 Å². The number of hydroxylamine groups is 2. The summed E-state index contributed by atoms with van der Waals surface area (Å²) in [7, 11) is 4.76. The van der Waals surface area contributed by atoms with Crippen molar-refractivity contribution in [1.82, 2.24) is 5.06 Å². The van der Waals surface area contributed by atoms with Gasteiger partial charge in [0.25, 0.3) is 0 Å². The predicted octanol–water partition coefficient (Wildman–Crippen LogP) is 3.64. The van der Waals surface area contributed by atoms with Crippen molar-refractivity contribution in [3.05, 3.63) is 71.8 Å². The molecule has 0 aliphatic heterocycles. The molecule has 0 fully saturated rings. The molecule has 0 atom stereocenters. The van der Waals surface area contributed by atoms with Crippen LogP contribution in [0.25, 0.3) is 0 Å². The van der Waals surface area contributed by atoms with Crippen LogP contribution < -0.4 is 0 Å². The van der Waals surface area contributed by atoms with Crippen molar-refractivity contribution >= 4 is 24.3 Å². The average molecular weight is 412 g/mol. The number of benzene rings is 2. The molecule has 2 aromatic rings. The van der Waals surface area contributed by atoms with E-state index in [-0.39, 0.29) is 24.7 Å². The summed E-state index contributed by atoms with van der Waals surface area (Å²) in [5, 5.41) is 9.60. The first-order chi connectivity index (χ1) is 12.9. The number of carbonyl (C=O) groups excluding carboxylic acids is 1. The van der Waals surface area contributed by atoms with Gasteiger partial charge in [0.2, 0.25) is 5.91 Å². The van der Waals surface area contributed by atoms with E-state index in [1.54, 1.807) is 26.3 Å². The van der Waals surface area contributed by atoms with Crippen molar-refractivity contribution < 1.29 is 24.3 Å². The van der Waals surface area contributed by atoms with Crippen LogP contribution in [0.1, 0.15) is 18.1 Å². The first-order valence-corrected chi connectivity index (χ1v) is 8.53. The van der Waals surface area contributed by atoms with Gasteiger partial charge in [-0.2, -0.15) is 0 Å². The molecule has 0 aliphatic rings. The SMILES string of the molecule is CCOC.CON(C)C(=O)Cc1ccccc1.Cl.O=C(O)Cc1ccccc1. The third-order valence-corrected chi connectivity index (χ3v) is 3.31. The molecule has 0 aliphatic carbocycles. The first kappa shape index (κ1) is 27.8. The van der Waals surface area contributed by atoms with Crippen molar-refractivity contribution in [2.75, 3.05) is 27.9 Å². The van der Waals surface area contributed by atoms with Gasteiger partial charge in [-0.1, -0.05) is 60.7 Å². The highest BCUT2D eigenvalue weighted by Gasteiger charge is 2.07. The lowest BCUT2D eigenvalue weighted by atomic mass is 10.1. The smallest absolute Gasteiger partial charge is 0.307 e. The lowest BCUT2D eigenvalue weighted by Gasteiger charge is -2.13. The summed E-state index contributed by atoms with van der Waals surface area (Å²) in [6.45, 7) is 2.78.